The Balaban J connectivity index is 1.56. The molecule has 0 aromatic heterocycles. The summed E-state index contributed by atoms with van der Waals surface area (Å²) in [7, 11) is 2.00. The minimum absolute atomic E-state index is 0.0290. The largest absolute Gasteiger partial charge is 0.399 e. The number of aliphatic imine (C=N–C) groups is 1. The third-order valence-corrected chi connectivity index (χ3v) is 7.51. The second-order valence-corrected chi connectivity index (χ2v) is 9.24. The molecular formula is C24H20N4OS2. The molecule has 0 aliphatic carbocycles. The Morgan fingerprint density at radius 1 is 0.935 bits per heavy atom. The van der Waals surface area contributed by atoms with Crippen molar-refractivity contribution in [2.45, 2.75) is 11.4 Å². The Labute approximate surface area is 189 Å². The number of hydrogen-bond donors (Lipinski definition) is 1. The second-order valence-electron chi connectivity index (χ2n) is 7.23. The Morgan fingerprint density at radius 3 is 2.48 bits per heavy atom. The van der Waals surface area contributed by atoms with E-state index in [1.807, 2.05) is 73.8 Å². The molecule has 7 heteroatoms. The summed E-state index contributed by atoms with van der Waals surface area (Å²) in [5, 5.41) is 1.60. The zero-order chi connectivity index (χ0) is 21.4. The van der Waals surface area contributed by atoms with Gasteiger partial charge in [0, 0.05) is 17.6 Å². The van der Waals surface area contributed by atoms with Crippen LogP contribution in [0.2, 0.25) is 0 Å². The normalized spacial score (nSPS) is 19.4. The molecule has 5 nitrogen and oxygen atoms in total. The van der Waals surface area contributed by atoms with E-state index in [9.17, 15) is 4.79 Å². The Kier molecular flexibility index (Phi) is 5.21. The molecule has 31 heavy (non-hydrogen) atoms. The number of thioether (sulfide) groups is 2. The number of hydrogen-bond acceptors (Lipinski definition) is 6. The van der Waals surface area contributed by atoms with Gasteiger partial charge in [0.05, 0.1) is 22.9 Å². The predicted octanol–water partition coefficient (Wildman–Crippen LogP) is 5.44. The lowest BCUT2D eigenvalue weighted by Crippen LogP contribution is -2.29. The SMILES string of the molecule is CN1/C(=C2/S/C(=N/c3cccc(N)c3)N(Cc3ccccc3)C2=O)Sc2ccccc21. The Bertz CT molecular complexity index is 1220. The van der Waals surface area contributed by atoms with Gasteiger partial charge in [-0.2, -0.15) is 0 Å². The second kappa shape index (κ2) is 8.17. The van der Waals surface area contributed by atoms with Crippen LogP contribution < -0.4 is 10.6 Å². The number of para-hydroxylation sites is 1. The first-order chi connectivity index (χ1) is 15.1. The standard InChI is InChI=1S/C24H20N4OS2/c1-27-19-12-5-6-13-20(19)30-23(27)21-22(29)28(15-16-8-3-2-4-9-16)24(31-21)26-18-11-7-10-17(25)14-18/h2-14H,15,25H2,1H3/b23-21-,26-24+. The Hall–Kier alpha value is -3.16. The van der Waals surface area contributed by atoms with Gasteiger partial charge in [0.15, 0.2) is 5.17 Å². The summed E-state index contributed by atoms with van der Waals surface area (Å²) in [6.07, 6.45) is 0. The van der Waals surface area contributed by atoms with Crippen molar-refractivity contribution in [3.63, 3.8) is 0 Å². The average molecular weight is 445 g/mol. The highest BCUT2D eigenvalue weighted by atomic mass is 32.2. The third kappa shape index (κ3) is 3.82. The molecule has 1 fully saturated rings. The number of anilines is 2. The lowest BCUT2D eigenvalue weighted by atomic mass is 10.2. The van der Waals surface area contributed by atoms with Crippen molar-refractivity contribution in [1.82, 2.24) is 4.90 Å². The molecule has 5 rings (SSSR count). The van der Waals surface area contributed by atoms with Crippen LogP contribution >= 0.6 is 23.5 Å². The highest BCUT2D eigenvalue weighted by Gasteiger charge is 2.39. The van der Waals surface area contributed by atoms with Crippen molar-refractivity contribution in [2.75, 3.05) is 17.7 Å². The van der Waals surface area contributed by atoms with E-state index in [1.54, 1.807) is 16.7 Å². The van der Waals surface area contributed by atoms with E-state index in [4.69, 9.17) is 10.7 Å². The molecule has 0 bridgehead atoms. The van der Waals surface area contributed by atoms with Gasteiger partial charge in [-0.05, 0) is 47.7 Å². The minimum atomic E-state index is -0.0290. The number of rotatable bonds is 3. The Morgan fingerprint density at radius 2 is 1.71 bits per heavy atom. The number of benzene rings is 3. The van der Waals surface area contributed by atoms with Crippen molar-refractivity contribution >= 4 is 51.7 Å². The molecule has 1 saturated heterocycles. The molecule has 154 valence electrons. The first kappa shape index (κ1) is 19.8. The lowest BCUT2D eigenvalue weighted by Gasteiger charge is -2.17. The van der Waals surface area contributed by atoms with Crippen molar-refractivity contribution in [2.24, 2.45) is 4.99 Å². The predicted molar refractivity (Wildman–Crippen MR) is 130 cm³/mol. The van der Waals surface area contributed by atoms with E-state index >= 15 is 0 Å². The molecular weight excluding hydrogens is 424 g/mol. The minimum Gasteiger partial charge on any atom is -0.399 e. The molecule has 0 unspecified atom stereocenters. The summed E-state index contributed by atoms with van der Waals surface area (Å²) >= 11 is 3.05. The maximum Gasteiger partial charge on any atom is 0.269 e. The number of fused-ring (bicyclic) bond motifs is 1. The zero-order valence-electron chi connectivity index (χ0n) is 16.9. The fourth-order valence-corrected chi connectivity index (χ4v) is 5.87. The van der Waals surface area contributed by atoms with Crippen LogP contribution in [-0.4, -0.2) is 23.0 Å². The highest BCUT2D eigenvalue weighted by molar-refractivity contribution is 8.19. The lowest BCUT2D eigenvalue weighted by molar-refractivity contribution is -0.122. The summed E-state index contributed by atoms with van der Waals surface area (Å²) in [6, 6.07) is 25.6. The van der Waals surface area contributed by atoms with E-state index in [2.05, 4.69) is 17.0 Å². The summed E-state index contributed by atoms with van der Waals surface area (Å²) in [4.78, 5) is 24.0. The average Bonchev–Trinajstić information content (AvgIpc) is 3.26. The van der Waals surface area contributed by atoms with Crippen LogP contribution in [-0.2, 0) is 11.3 Å². The molecule has 2 aliphatic rings. The molecule has 0 radical (unpaired) electrons. The molecule has 1 amide bonds. The van der Waals surface area contributed by atoms with Crippen molar-refractivity contribution in [3.8, 4) is 0 Å². The van der Waals surface area contributed by atoms with Crippen LogP contribution in [0.1, 0.15) is 5.56 Å². The van der Waals surface area contributed by atoms with Gasteiger partial charge in [-0.1, -0.05) is 60.3 Å². The van der Waals surface area contributed by atoms with Gasteiger partial charge >= 0.3 is 0 Å². The first-order valence-electron chi connectivity index (χ1n) is 9.83. The number of carbonyl (C=O) groups is 1. The molecule has 0 atom stereocenters. The number of nitrogens with two attached hydrogens (primary N) is 1. The summed E-state index contributed by atoms with van der Waals surface area (Å²) in [5.74, 6) is -0.0290. The maximum atomic E-state index is 13.6. The molecule has 3 aromatic carbocycles. The summed E-state index contributed by atoms with van der Waals surface area (Å²) in [6.45, 7) is 0.464. The number of nitrogens with zero attached hydrogens (tertiary/aromatic N) is 3. The van der Waals surface area contributed by atoms with Crippen LogP contribution in [0.25, 0.3) is 0 Å². The van der Waals surface area contributed by atoms with Gasteiger partial charge in [0.25, 0.3) is 5.91 Å². The number of amidine groups is 1. The zero-order valence-corrected chi connectivity index (χ0v) is 18.5. The fraction of sp³-hybridized carbons (Fsp3) is 0.0833. The molecule has 2 aliphatic heterocycles. The molecule has 0 spiro atoms. The monoisotopic (exact) mass is 444 g/mol. The fourth-order valence-electron chi connectivity index (χ4n) is 3.53. The van der Waals surface area contributed by atoms with Crippen LogP contribution in [0, 0.1) is 0 Å². The van der Waals surface area contributed by atoms with Gasteiger partial charge in [0.1, 0.15) is 4.91 Å². The van der Waals surface area contributed by atoms with Crippen LogP contribution in [0.15, 0.2) is 98.7 Å². The van der Waals surface area contributed by atoms with Gasteiger partial charge < -0.3 is 10.6 Å². The molecule has 2 heterocycles. The molecule has 3 aromatic rings. The van der Waals surface area contributed by atoms with E-state index in [0.29, 0.717) is 22.3 Å². The first-order valence-corrected chi connectivity index (χ1v) is 11.5. The van der Waals surface area contributed by atoms with Gasteiger partial charge in [-0.15, -0.1) is 0 Å². The molecule has 0 saturated carbocycles. The molecule has 2 N–H and O–H groups in total. The quantitative estimate of drug-likeness (QED) is 0.430. The van der Waals surface area contributed by atoms with Gasteiger partial charge in [-0.25, -0.2) is 4.99 Å². The van der Waals surface area contributed by atoms with Gasteiger partial charge in [0.2, 0.25) is 0 Å². The van der Waals surface area contributed by atoms with Gasteiger partial charge in [-0.3, -0.25) is 9.69 Å². The third-order valence-electron chi connectivity index (χ3n) is 5.07. The van der Waals surface area contributed by atoms with E-state index in [1.165, 1.54) is 11.8 Å². The smallest absolute Gasteiger partial charge is 0.269 e. The van der Waals surface area contributed by atoms with Crippen molar-refractivity contribution < 1.29 is 4.79 Å². The number of carbonyl (C=O) groups excluding carboxylic acids is 1. The van der Waals surface area contributed by atoms with E-state index in [-0.39, 0.29) is 5.91 Å². The van der Waals surface area contributed by atoms with Crippen molar-refractivity contribution in [3.05, 3.63) is 94.4 Å². The van der Waals surface area contributed by atoms with Crippen LogP contribution in [0.4, 0.5) is 17.1 Å². The van der Waals surface area contributed by atoms with Crippen molar-refractivity contribution in [1.29, 1.82) is 0 Å². The van der Waals surface area contributed by atoms with E-state index < -0.39 is 0 Å². The summed E-state index contributed by atoms with van der Waals surface area (Å²) in [5.41, 5.74) is 9.48. The maximum absolute atomic E-state index is 13.6. The van der Waals surface area contributed by atoms with E-state index in [0.717, 1.165) is 26.9 Å². The van der Waals surface area contributed by atoms with Crippen LogP contribution in [0.3, 0.4) is 0 Å². The number of nitrogen functional groups attached to an aromatic ring is 1. The highest BCUT2D eigenvalue weighted by Crippen LogP contribution is 2.50. The summed E-state index contributed by atoms with van der Waals surface area (Å²) < 4.78 is 0. The van der Waals surface area contributed by atoms with Crippen LogP contribution in [0.5, 0.6) is 0 Å². The number of amides is 1. The topological polar surface area (TPSA) is 61.9 Å².